The predicted octanol–water partition coefficient (Wildman–Crippen LogP) is 4.48. The molecule has 3 rings (SSSR count). The van der Waals surface area contributed by atoms with Crippen molar-refractivity contribution in [2.75, 3.05) is 19.7 Å². The lowest BCUT2D eigenvalue weighted by molar-refractivity contribution is 0.0164. The highest BCUT2D eigenvalue weighted by atomic mass is 16.6. The highest BCUT2D eigenvalue weighted by Crippen LogP contribution is 2.25. The molecule has 0 atom stereocenters. The third kappa shape index (κ3) is 5.62. The number of ether oxygens (including phenoxy) is 2. The summed E-state index contributed by atoms with van der Waals surface area (Å²) >= 11 is 0. The molecule has 0 bridgehead atoms. The van der Waals surface area contributed by atoms with Gasteiger partial charge in [0.25, 0.3) is 0 Å². The lowest BCUT2D eigenvalue weighted by atomic mass is 9.98. The fourth-order valence-corrected chi connectivity index (χ4v) is 3.13. The van der Waals surface area contributed by atoms with E-state index in [0.717, 1.165) is 24.0 Å². The number of rotatable bonds is 4. The lowest BCUT2D eigenvalue weighted by Gasteiger charge is -2.33. The molecule has 0 spiro atoms. The van der Waals surface area contributed by atoms with Crippen LogP contribution < -0.4 is 4.74 Å². The molecule has 0 aliphatic carbocycles. The Hall–Kier alpha value is -2.76. The number of pyridine rings is 1. The number of piperidine rings is 1. The van der Waals surface area contributed by atoms with Crippen LogP contribution in [0.25, 0.3) is 11.1 Å². The summed E-state index contributed by atoms with van der Waals surface area (Å²) in [5, 5.41) is 9.59. The van der Waals surface area contributed by atoms with Crippen LogP contribution >= 0.6 is 0 Å². The van der Waals surface area contributed by atoms with Crippen LogP contribution in [0.5, 0.6) is 11.6 Å². The van der Waals surface area contributed by atoms with E-state index in [2.05, 4.69) is 4.98 Å². The molecule has 0 saturated carbocycles. The second-order valence-corrected chi connectivity index (χ2v) is 8.16. The Kier molecular flexibility index (Phi) is 6.07. The van der Waals surface area contributed by atoms with Crippen molar-refractivity contribution in [2.45, 2.75) is 39.2 Å². The van der Waals surface area contributed by atoms with Crippen molar-refractivity contribution in [1.29, 1.82) is 0 Å². The highest BCUT2D eigenvalue weighted by Gasteiger charge is 2.27. The number of nitrogens with zero attached hydrogens (tertiary/aromatic N) is 2. The second kappa shape index (κ2) is 8.50. The molecule has 1 fully saturated rings. The molecule has 150 valence electrons. The Morgan fingerprint density at radius 2 is 1.93 bits per heavy atom. The van der Waals surface area contributed by atoms with Crippen LogP contribution in [0, 0.1) is 5.92 Å². The van der Waals surface area contributed by atoms with E-state index in [0.29, 0.717) is 31.5 Å². The first-order chi connectivity index (χ1) is 13.3. The summed E-state index contributed by atoms with van der Waals surface area (Å²) in [6, 6.07) is 10.9. The topological polar surface area (TPSA) is 71.9 Å². The number of phenols is 1. The molecule has 1 N–H and O–H groups in total. The molecule has 1 aromatic heterocycles. The molecule has 1 amide bonds. The van der Waals surface area contributed by atoms with Gasteiger partial charge in [-0.2, -0.15) is 0 Å². The third-order valence-electron chi connectivity index (χ3n) is 4.65. The summed E-state index contributed by atoms with van der Waals surface area (Å²) in [4.78, 5) is 18.2. The summed E-state index contributed by atoms with van der Waals surface area (Å²) in [5.74, 6) is 1.21. The van der Waals surface area contributed by atoms with Gasteiger partial charge in [0.2, 0.25) is 5.88 Å². The van der Waals surface area contributed by atoms with Gasteiger partial charge in [0.1, 0.15) is 11.4 Å². The van der Waals surface area contributed by atoms with E-state index in [9.17, 15) is 9.90 Å². The van der Waals surface area contributed by atoms with Crippen LogP contribution in [-0.2, 0) is 4.74 Å². The van der Waals surface area contributed by atoms with E-state index in [1.165, 1.54) is 0 Å². The maximum Gasteiger partial charge on any atom is 0.410 e. The standard InChI is InChI=1S/C22H28N2O4/c1-22(2,3)28-21(26)24-11-9-16(10-12-24)15-27-20-8-7-18(14-23-20)17-5-4-6-19(25)13-17/h4-8,13-14,16,25H,9-12,15H2,1-3H3. The Morgan fingerprint density at radius 3 is 2.54 bits per heavy atom. The maximum atomic E-state index is 12.1. The molecule has 2 heterocycles. The Balaban J connectivity index is 1.46. The number of likely N-dealkylation sites (tertiary alicyclic amines) is 1. The smallest absolute Gasteiger partial charge is 0.410 e. The number of hydrogen-bond donors (Lipinski definition) is 1. The molecule has 1 aliphatic rings. The summed E-state index contributed by atoms with van der Waals surface area (Å²) in [6.45, 7) is 7.60. The second-order valence-electron chi connectivity index (χ2n) is 8.16. The number of amides is 1. The minimum atomic E-state index is -0.465. The van der Waals surface area contributed by atoms with Crippen LogP contribution in [0.4, 0.5) is 4.79 Å². The molecule has 1 saturated heterocycles. The lowest BCUT2D eigenvalue weighted by Crippen LogP contribution is -2.42. The molecule has 2 aromatic rings. The minimum absolute atomic E-state index is 0.232. The summed E-state index contributed by atoms with van der Waals surface area (Å²) in [5.41, 5.74) is 1.37. The fraction of sp³-hybridized carbons (Fsp3) is 0.455. The zero-order valence-corrected chi connectivity index (χ0v) is 16.7. The third-order valence-corrected chi connectivity index (χ3v) is 4.65. The largest absolute Gasteiger partial charge is 0.508 e. The Morgan fingerprint density at radius 1 is 1.18 bits per heavy atom. The molecule has 28 heavy (non-hydrogen) atoms. The number of phenolic OH excluding ortho intramolecular Hbond substituents is 1. The molecular weight excluding hydrogens is 356 g/mol. The molecule has 6 nitrogen and oxygen atoms in total. The first-order valence-corrected chi connectivity index (χ1v) is 9.66. The van der Waals surface area contributed by atoms with Gasteiger partial charge in [0, 0.05) is 30.9 Å². The summed E-state index contributed by atoms with van der Waals surface area (Å²) < 4.78 is 11.3. The van der Waals surface area contributed by atoms with E-state index >= 15 is 0 Å². The van der Waals surface area contributed by atoms with Gasteiger partial charge in [-0.05, 0) is 63.3 Å². The van der Waals surface area contributed by atoms with E-state index in [1.54, 1.807) is 29.3 Å². The van der Waals surface area contributed by atoms with Gasteiger partial charge in [-0.3, -0.25) is 0 Å². The van der Waals surface area contributed by atoms with Gasteiger partial charge < -0.3 is 19.5 Å². The van der Waals surface area contributed by atoms with Crippen molar-refractivity contribution in [2.24, 2.45) is 5.92 Å². The van der Waals surface area contributed by atoms with Crippen molar-refractivity contribution < 1.29 is 19.4 Å². The summed E-state index contributed by atoms with van der Waals surface area (Å²) in [6.07, 6.45) is 3.28. The van der Waals surface area contributed by atoms with Crippen molar-refractivity contribution in [3.05, 3.63) is 42.6 Å². The average molecular weight is 384 g/mol. The van der Waals surface area contributed by atoms with E-state index in [1.807, 2.05) is 39.0 Å². The molecular formula is C22H28N2O4. The first-order valence-electron chi connectivity index (χ1n) is 9.66. The molecule has 0 unspecified atom stereocenters. The van der Waals surface area contributed by atoms with E-state index in [-0.39, 0.29) is 11.8 Å². The predicted molar refractivity (Wildman–Crippen MR) is 107 cm³/mol. The maximum absolute atomic E-state index is 12.1. The minimum Gasteiger partial charge on any atom is -0.508 e. The molecule has 1 aromatic carbocycles. The Labute approximate surface area is 166 Å². The van der Waals surface area contributed by atoms with Gasteiger partial charge >= 0.3 is 6.09 Å². The monoisotopic (exact) mass is 384 g/mol. The fourth-order valence-electron chi connectivity index (χ4n) is 3.13. The number of aromatic nitrogens is 1. The zero-order chi connectivity index (χ0) is 20.1. The molecule has 0 radical (unpaired) electrons. The average Bonchev–Trinajstić information content (AvgIpc) is 2.66. The number of benzene rings is 1. The van der Waals surface area contributed by atoms with E-state index < -0.39 is 5.60 Å². The number of aromatic hydroxyl groups is 1. The normalized spacial score (nSPS) is 15.3. The van der Waals surface area contributed by atoms with E-state index in [4.69, 9.17) is 9.47 Å². The molecule has 6 heteroatoms. The van der Waals surface area contributed by atoms with Crippen molar-refractivity contribution in [3.63, 3.8) is 0 Å². The van der Waals surface area contributed by atoms with Crippen molar-refractivity contribution in [1.82, 2.24) is 9.88 Å². The van der Waals surface area contributed by atoms with Crippen molar-refractivity contribution >= 4 is 6.09 Å². The number of carbonyl (C=O) groups is 1. The first kappa shape index (κ1) is 20.0. The number of hydrogen-bond acceptors (Lipinski definition) is 5. The van der Waals surface area contributed by atoms with Crippen LogP contribution in [0.15, 0.2) is 42.6 Å². The van der Waals surface area contributed by atoms with Crippen LogP contribution in [-0.4, -0.2) is 46.4 Å². The van der Waals surface area contributed by atoms with Gasteiger partial charge in [0.15, 0.2) is 0 Å². The summed E-state index contributed by atoms with van der Waals surface area (Å²) in [7, 11) is 0. The van der Waals surface area contributed by atoms with Crippen molar-refractivity contribution in [3.8, 4) is 22.8 Å². The van der Waals surface area contributed by atoms with Gasteiger partial charge in [-0.1, -0.05) is 12.1 Å². The Bertz CT molecular complexity index is 791. The van der Waals surface area contributed by atoms with Crippen LogP contribution in [0.2, 0.25) is 0 Å². The SMILES string of the molecule is CC(C)(C)OC(=O)N1CCC(COc2ccc(-c3cccc(O)c3)cn2)CC1. The highest BCUT2D eigenvalue weighted by molar-refractivity contribution is 5.68. The number of carbonyl (C=O) groups excluding carboxylic acids is 1. The van der Waals surface area contributed by atoms with Gasteiger partial charge in [-0.25, -0.2) is 9.78 Å². The van der Waals surface area contributed by atoms with Gasteiger partial charge in [-0.15, -0.1) is 0 Å². The zero-order valence-electron chi connectivity index (χ0n) is 16.7. The van der Waals surface area contributed by atoms with Crippen LogP contribution in [0.3, 0.4) is 0 Å². The van der Waals surface area contributed by atoms with Gasteiger partial charge in [0.05, 0.1) is 6.61 Å². The molecule has 1 aliphatic heterocycles. The van der Waals surface area contributed by atoms with Crippen LogP contribution in [0.1, 0.15) is 33.6 Å². The quantitative estimate of drug-likeness (QED) is 0.841.